The van der Waals surface area contributed by atoms with E-state index in [1.165, 1.54) is 5.69 Å². The Morgan fingerprint density at radius 2 is 2.36 bits per heavy atom. The predicted molar refractivity (Wildman–Crippen MR) is 52.6 cm³/mol. The number of aryl methyl sites for hydroxylation is 1. The van der Waals surface area contributed by atoms with E-state index in [1.54, 1.807) is 0 Å². The SMILES string of the molecule is Cc1cc(I)nc2cccn12. The van der Waals surface area contributed by atoms with Gasteiger partial charge in [-0.15, -0.1) is 0 Å². The van der Waals surface area contributed by atoms with Gasteiger partial charge in [0, 0.05) is 11.9 Å². The minimum Gasteiger partial charge on any atom is -0.306 e. The van der Waals surface area contributed by atoms with Crippen LogP contribution >= 0.6 is 22.6 Å². The molecule has 0 atom stereocenters. The number of hydrogen-bond acceptors (Lipinski definition) is 1. The molecule has 2 rings (SSSR count). The Hall–Kier alpha value is -0.580. The lowest BCUT2D eigenvalue weighted by Crippen LogP contribution is -1.93. The summed E-state index contributed by atoms with van der Waals surface area (Å²) in [5, 5.41) is 0. The van der Waals surface area contributed by atoms with Crippen molar-refractivity contribution in [1.29, 1.82) is 0 Å². The van der Waals surface area contributed by atoms with Crippen LogP contribution in [0.25, 0.3) is 5.65 Å². The van der Waals surface area contributed by atoms with Crippen LogP contribution in [-0.2, 0) is 0 Å². The average molecular weight is 258 g/mol. The van der Waals surface area contributed by atoms with Gasteiger partial charge in [0.15, 0.2) is 0 Å². The Morgan fingerprint density at radius 1 is 1.55 bits per heavy atom. The van der Waals surface area contributed by atoms with E-state index in [4.69, 9.17) is 0 Å². The van der Waals surface area contributed by atoms with Gasteiger partial charge in [-0.1, -0.05) is 0 Å². The van der Waals surface area contributed by atoms with Gasteiger partial charge in [-0.3, -0.25) is 0 Å². The Labute approximate surface area is 78.4 Å². The molecule has 2 heterocycles. The van der Waals surface area contributed by atoms with Gasteiger partial charge in [-0.05, 0) is 47.7 Å². The van der Waals surface area contributed by atoms with E-state index >= 15 is 0 Å². The highest BCUT2D eigenvalue weighted by Crippen LogP contribution is 2.09. The first-order valence-electron chi connectivity index (χ1n) is 3.37. The smallest absolute Gasteiger partial charge is 0.138 e. The molecule has 0 N–H and O–H groups in total. The van der Waals surface area contributed by atoms with Crippen molar-refractivity contribution >= 4 is 28.2 Å². The molecule has 0 bridgehead atoms. The minimum atomic E-state index is 1.02. The van der Waals surface area contributed by atoms with Crippen LogP contribution in [0.15, 0.2) is 24.4 Å². The largest absolute Gasteiger partial charge is 0.306 e. The molecule has 11 heavy (non-hydrogen) atoms. The van der Waals surface area contributed by atoms with E-state index in [9.17, 15) is 0 Å². The average Bonchev–Trinajstić information content (AvgIpc) is 2.34. The summed E-state index contributed by atoms with van der Waals surface area (Å²) in [5.41, 5.74) is 2.25. The first-order chi connectivity index (χ1) is 5.27. The van der Waals surface area contributed by atoms with Gasteiger partial charge in [0.25, 0.3) is 0 Å². The summed E-state index contributed by atoms with van der Waals surface area (Å²) >= 11 is 2.23. The van der Waals surface area contributed by atoms with Crippen molar-refractivity contribution in [2.24, 2.45) is 0 Å². The molecule has 0 saturated heterocycles. The number of aromatic nitrogens is 2. The highest BCUT2D eigenvalue weighted by atomic mass is 127. The van der Waals surface area contributed by atoms with Crippen LogP contribution in [0.4, 0.5) is 0 Å². The zero-order valence-electron chi connectivity index (χ0n) is 6.08. The van der Waals surface area contributed by atoms with Crippen LogP contribution in [0.5, 0.6) is 0 Å². The summed E-state index contributed by atoms with van der Waals surface area (Å²) in [6.45, 7) is 2.08. The molecule has 0 saturated carbocycles. The lowest BCUT2D eigenvalue weighted by atomic mass is 10.4. The highest BCUT2D eigenvalue weighted by molar-refractivity contribution is 14.1. The maximum atomic E-state index is 4.35. The molecule has 0 spiro atoms. The lowest BCUT2D eigenvalue weighted by molar-refractivity contribution is 1.04. The molecule has 0 fully saturated rings. The molecule has 0 aliphatic heterocycles. The number of fused-ring (bicyclic) bond motifs is 1. The van der Waals surface area contributed by atoms with Crippen molar-refractivity contribution in [3.05, 3.63) is 33.8 Å². The zero-order chi connectivity index (χ0) is 7.84. The summed E-state index contributed by atoms with van der Waals surface area (Å²) in [7, 11) is 0. The fraction of sp³-hybridized carbons (Fsp3) is 0.125. The van der Waals surface area contributed by atoms with Gasteiger partial charge < -0.3 is 4.40 Å². The van der Waals surface area contributed by atoms with Crippen LogP contribution in [0.2, 0.25) is 0 Å². The molecule has 2 aromatic rings. The van der Waals surface area contributed by atoms with E-state index in [1.807, 2.05) is 18.3 Å². The molecule has 0 aromatic carbocycles. The van der Waals surface area contributed by atoms with Crippen LogP contribution < -0.4 is 0 Å². The quantitative estimate of drug-likeness (QED) is 0.523. The van der Waals surface area contributed by atoms with E-state index < -0.39 is 0 Å². The molecule has 0 aliphatic carbocycles. The van der Waals surface area contributed by atoms with Gasteiger partial charge >= 0.3 is 0 Å². The van der Waals surface area contributed by atoms with Gasteiger partial charge in [-0.2, -0.15) is 0 Å². The number of hydrogen-bond donors (Lipinski definition) is 0. The van der Waals surface area contributed by atoms with E-state index in [0.717, 1.165) is 9.35 Å². The van der Waals surface area contributed by atoms with Crippen molar-refractivity contribution in [3.63, 3.8) is 0 Å². The first kappa shape index (κ1) is 7.09. The van der Waals surface area contributed by atoms with E-state index in [-0.39, 0.29) is 0 Å². The summed E-state index contributed by atoms with van der Waals surface area (Å²) in [6.07, 6.45) is 2.02. The second-order valence-corrected chi connectivity index (χ2v) is 3.56. The third kappa shape index (κ3) is 1.13. The van der Waals surface area contributed by atoms with Gasteiger partial charge in [-0.25, -0.2) is 4.98 Å². The number of halogens is 1. The monoisotopic (exact) mass is 258 g/mol. The second-order valence-electron chi connectivity index (χ2n) is 2.46. The molecule has 2 aromatic heterocycles. The van der Waals surface area contributed by atoms with Crippen molar-refractivity contribution in [3.8, 4) is 0 Å². The standard InChI is InChI=1S/C8H7IN2/c1-6-5-7(9)10-8-3-2-4-11(6)8/h2-5H,1H3. The fourth-order valence-electron chi connectivity index (χ4n) is 1.14. The highest BCUT2D eigenvalue weighted by Gasteiger charge is 1.97. The predicted octanol–water partition coefficient (Wildman–Crippen LogP) is 2.25. The van der Waals surface area contributed by atoms with Crippen LogP contribution in [0.1, 0.15) is 5.69 Å². The molecular formula is C8H7IN2. The molecular weight excluding hydrogens is 251 g/mol. The van der Waals surface area contributed by atoms with Crippen LogP contribution in [0.3, 0.4) is 0 Å². The summed E-state index contributed by atoms with van der Waals surface area (Å²) < 4.78 is 3.12. The number of rotatable bonds is 0. The molecule has 0 radical (unpaired) electrons. The minimum absolute atomic E-state index is 1.02. The van der Waals surface area contributed by atoms with Crippen LogP contribution in [-0.4, -0.2) is 9.38 Å². The molecule has 0 unspecified atom stereocenters. The van der Waals surface area contributed by atoms with Gasteiger partial charge in [0.2, 0.25) is 0 Å². The van der Waals surface area contributed by atoms with Crippen molar-refractivity contribution < 1.29 is 0 Å². The summed E-state index contributed by atoms with van der Waals surface area (Å²) in [4.78, 5) is 4.35. The van der Waals surface area contributed by atoms with Gasteiger partial charge in [0.1, 0.15) is 9.35 Å². The van der Waals surface area contributed by atoms with E-state index in [2.05, 4.69) is 45.0 Å². The lowest BCUT2D eigenvalue weighted by Gasteiger charge is -1.99. The molecule has 0 aliphatic rings. The first-order valence-corrected chi connectivity index (χ1v) is 4.45. The molecule has 3 heteroatoms. The maximum absolute atomic E-state index is 4.35. The Morgan fingerprint density at radius 3 is 3.18 bits per heavy atom. The Bertz CT molecular complexity index is 392. The van der Waals surface area contributed by atoms with Gasteiger partial charge in [0.05, 0.1) is 0 Å². The Balaban J connectivity index is 2.91. The fourth-order valence-corrected chi connectivity index (χ4v) is 1.84. The summed E-state index contributed by atoms with van der Waals surface area (Å²) in [5.74, 6) is 0. The molecule has 2 nitrogen and oxygen atoms in total. The Kier molecular flexibility index (Phi) is 1.60. The van der Waals surface area contributed by atoms with Crippen molar-refractivity contribution in [2.75, 3.05) is 0 Å². The van der Waals surface area contributed by atoms with Crippen molar-refractivity contribution in [2.45, 2.75) is 6.92 Å². The number of nitrogens with zero attached hydrogens (tertiary/aromatic N) is 2. The molecule has 56 valence electrons. The summed E-state index contributed by atoms with van der Waals surface area (Å²) in [6, 6.07) is 6.08. The van der Waals surface area contributed by atoms with E-state index in [0.29, 0.717) is 0 Å². The zero-order valence-corrected chi connectivity index (χ0v) is 8.24. The topological polar surface area (TPSA) is 17.3 Å². The second kappa shape index (κ2) is 2.48. The third-order valence-corrected chi connectivity index (χ3v) is 2.21. The van der Waals surface area contributed by atoms with Crippen molar-refractivity contribution in [1.82, 2.24) is 9.38 Å². The maximum Gasteiger partial charge on any atom is 0.138 e. The molecule has 0 amide bonds. The normalized spacial score (nSPS) is 10.7. The van der Waals surface area contributed by atoms with Crippen LogP contribution in [0, 0.1) is 10.6 Å². The third-order valence-electron chi connectivity index (χ3n) is 1.66.